The molecule has 0 saturated carbocycles. The van der Waals surface area contributed by atoms with Crippen LogP contribution in [-0.4, -0.2) is 29.1 Å². The van der Waals surface area contributed by atoms with Gasteiger partial charge in [-0.05, 0) is 25.1 Å². The summed E-state index contributed by atoms with van der Waals surface area (Å²) in [5.41, 5.74) is 17.6. The molecule has 18 heavy (non-hydrogen) atoms. The largest absolute Gasteiger partial charge is 0.493 e. The molecule has 0 atom stereocenters. The summed E-state index contributed by atoms with van der Waals surface area (Å²) < 4.78 is 5.53. The fourth-order valence-electron chi connectivity index (χ4n) is 1.51. The van der Waals surface area contributed by atoms with E-state index in [4.69, 9.17) is 21.9 Å². The van der Waals surface area contributed by atoms with Crippen LogP contribution in [0.25, 0.3) is 11.0 Å². The minimum absolute atomic E-state index is 0.0338. The van der Waals surface area contributed by atoms with Gasteiger partial charge in [0, 0.05) is 6.07 Å². The van der Waals surface area contributed by atoms with Crippen molar-refractivity contribution in [1.29, 1.82) is 0 Å². The first kappa shape index (κ1) is 12.2. The average molecular weight is 248 g/mol. The number of benzene rings is 1. The third-order valence-corrected chi connectivity index (χ3v) is 2.29. The molecule has 0 aliphatic heterocycles. The Bertz CT molecular complexity index is 558. The standard InChI is InChI=1S/C11H16N6O/c12-4-1-5-18-7-2-3-8-9(6-7)16-11(15-8)17-10(13)14/h2-3,6H,1,4-5,12H2,(H5,13,14,15,16,17). The number of imidazole rings is 1. The van der Waals surface area contributed by atoms with Crippen molar-refractivity contribution in [2.75, 3.05) is 13.2 Å². The molecule has 0 spiro atoms. The zero-order valence-corrected chi connectivity index (χ0v) is 9.89. The molecule has 0 radical (unpaired) electrons. The van der Waals surface area contributed by atoms with Gasteiger partial charge in [0.05, 0.1) is 17.6 Å². The summed E-state index contributed by atoms with van der Waals surface area (Å²) in [7, 11) is 0. The fraction of sp³-hybridized carbons (Fsp3) is 0.273. The number of nitrogens with zero attached hydrogens (tertiary/aromatic N) is 2. The van der Waals surface area contributed by atoms with E-state index < -0.39 is 0 Å². The highest BCUT2D eigenvalue weighted by atomic mass is 16.5. The topological polar surface area (TPSA) is 128 Å². The fourth-order valence-corrected chi connectivity index (χ4v) is 1.51. The SMILES string of the molecule is NCCCOc1ccc2nc(N=C(N)N)[nH]c2c1. The normalized spacial score (nSPS) is 10.5. The van der Waals surface area contributed by atoms with E-state index in [2.05, 4.69) is 15.0 Å². The van der Waals surface area contributed by atoms with Crippen LogP contribution >= 0.6 is 0 Å². The number of hydrogen-bond acceptors (Lipinski definition) is 4. The molecule has 2 aromatic rings. The number of ether oxygens (including phenoxy) is 1. The Hall–Kier alpha value is -2.28. The van der Waals surface area contributed by atoms with Crippen LogP contribution in [0.15, 0.2) is 23.2 Å². The van der Waals surface area contributed by atoms with E-state index in [9.17, 15) is 0 Å². The average Bonchev–Trinajstić information content (AvgIpc) is 2.69. The second-order valence-corrected chi connectivity index (χ2v) is 3.77. The van der Waals surface area contributed by atoms with Crippen molar-refractivity contribution in [1.82, 2.24) is 9.97 Å². The number of fused-ring (bicyclic) bond motifs is 1. The molecular weight excluding hydrogens is 232 g/mol. The second-order valence-electron chi connectivity index (χ2n) is 3.77. The van der Waals surface area contributed by atoms with Crippen molar-refractivity contribution in [3.8, 4) is 5.75 Å². The molecule has 0 aliphatic rings. The zero-order chi connectivity index (χ0) is 13.0. The highest BCUT2D eigenvalue weighted by molar-refractivity contribution is 5.82. The van der Waals surface area contributed by atoms with Crippen LogP contribution in [-0.2, 0) is 0 Å². The van der Waals surface area contributed by atoms with E-state index >= 15 is 0 Å². The number of nitrogens with two attached hydrogens (primary N) is 3. The Balaban J connectivity index is 2.20. The molecule has 1 heterocycles. The van der Waals surface area contributed by atoms with E-state index in [1.807, 2.05) is 18.2 Å². The van der Waals surface area contributed by atoms with Crippen molar-refractivity contribution < 1.29 is 4.74 Å². The number of guanidine groups is 1. The van der Waals surface area contributed by atoms with Crippen molar-refractivity contribution in [3.63, 3.8) is 0 Å². The van der Waals surface area contributed by atoms with Gasteiger partial charge in [0.1, 0.15) is 5.75 Å². The highest BCUT2D eigenvalue weighted by Gasteiger charge is 2.03. The van der Waals surface area contributed by atoms with E-state index in [0.29, 0.717) is 19.1 Å². The maximum absolute atomic E-state index is 5.53. The number of aliphatic imine (C=N–C) groups is 1. The number of rotatable bonds is 5. The molecule has 1 aromatic heterocycles. The maximum Gasteiger partial charge on any atom is 0.231 e. The van der Waals surface area contributed by atoms with Gasteiger partial charge in [0.25, 0.3) is 0 Å². The lowest BCUT2D eigenvalue weighted by Crippen LogP contribution is -2.22. The van der Waals surface area contributed by atoms with Gasteiger partial charge in [-0.3, -0.25) is 0 Å². The summed E-state index contributed by atoms with van der Waals surface area (Å²) in [6.07, 6.45) is 0.820. The molecular formula is C11H16N6O. The molecule has 0 bridgehead atoms. The molecule has 7 N–H and O–H groups in total. The summed E-state index contributed by atoms with van der Waals surface area (Å²) in [5, 5.41) is 0. The van der Waals surface area contributed by atoms with Crippen LogP contribution in [0.2, 0.25) is 0 Å². The van der Waals surface area contributed by atoms with Crippen LogP contribution < -0.4 is 21.9 Å². The minimum Gasteiger partial charge on any atom is -0.493 e. The minimum atomic E-state index is -0.0338. The van der Waals surface area contributed by atoms with Crippen LogP contribution in [0.3, 0.4) is 0 Å². The summed E-state index contributed by atoms with van der Waals surface area (Å²) >= 11 is 0. The second kappa shape index (κ2) is 5.37. The molecule has 1 aromatic carbocycles. The van der Waals surface area contributed by atoms with E-state index in [1.54, 1.807) is 0 Å². The lowest BCUT2D eigenvalue weighted by atomic mass is 10.3. The van der Waals surface area contributed by atoms with E-state index in [1.165, 1.54) is 0 Å². The predicted molar refractivity (Wildman–Crippen MR) is 70.7 cm³/mol. The Morgan fingerprint density at radius 2 is 2.22 bits per heavy atom. The number of hydrogen-bond donors (Lipinski definition) is 4. The lowest BCUT2D eigenvalue weighted by Gasteiger charge is -2.04. The molecule has 96 valence electrons. The van der Waals surface area contributed by atoms with Crippen LogP contribution in [0, 0.1) is 0 Å². The summed E-state index contributed by atoms with van der Waals surface area (Å²) in [4.78, 5) is 11.1. The van der Waals surface area contributed by atoms with Gasteiger partial charge in [-0.1, -0.05) is 0 Å². The smallest absolute Gasteiger partial charge is 0.231 e. The maximum atomic E-state index is 5.53. The van der Waals surface area contributed by atoms with Gasteiger partial charge in [-0.15, -0.1) is 0 Å². The Morgan fingerprint density at radius 1 is 1.39 bits per heavy atom. The van der Waals surface area contributed by atoms with Crippen LogP contribution in [0.5, 0.6) is 5.75 Å². The van der Waals surface area contributed by atoms with Gasteiger partial charge < -0.3 is 26.9 Å². The molecule has 0 fully saturated rings. The number of aromatic nitrogens is 2. The van der Waals surface area contributed by atoms with Crippen molar-refractivity contribution >= 4 is 22.9 Å². The Kier molecular flexibility index (Phi) is 3.63. The summed E-state index contributed by atoms with van der Waals surface area (Å²) in [6, 6.07) is 5.54. The lowest BCUT2D eigenvalue weighted by molar-refractivity contribution is 0.314. The molecule has 0 unspecified atom stereocenters. The number of aromatic amines is 1. The summed E-state index contributed by atoms with van der Waals surface area (Å²) in [5.74, 6) is 1.11. The Morgan fingerprint density at radius 3 is 2.94 bits per heavy atom. The molecule has 0 amide bonds. The zero-order valence-electron chi connectivity index (χ0n) is 9.89. The third-order valence-electron chi connectivity index (χ3n) is 2.29. The van der Waals surface area contributed by atoms with E-state index in [0.717, 1.165) is 23.2 Å². The number of H-pyrrole nitrogens is 1. The summed E-state index contributed by atoms with van der Waals surface area (Å²) in [6.45, 7) is 1.21. The molecule has 2 rings (SSSR count). The van der Waals surface area contributed by atoms with Gasteiger partial charge in [-0.25, -0.2) is 4.98 Å². The quantitative estimate of drug-likeness (QED) is 0.341. The first-order valence-electron chi connectivity index (χ1n) is 5.61. The van der Waals surface area contributed by atoms with Crippen LogP contribution in [0.4, 0.5) is 5.95 Å². The number of nitrogens with one attached hydrogen (secondary N) is 1. The van der Waals surface area contributed by atoms with Gasteiger partial charge >= 0.3 is 0 Å². The molecule has 7 nitrogen and oxygen atoms in total. The first-order valence-corrected chi connectivity index (χ1v) is 5.61. The monoisotopic (exact) mass is 248 g/mol. The van der Waals surface area contributed by atoms with Crippen LogP contribution in [0.1, 0.15) is 6.42 Å². The highest BCUT2D eigenvalue weighted by Crippen LogP contribution is 2.21. The van der Waals surface area contributed by atoms with Gasteiger partial charge in [0.15, 0.2) is 5.96 Å². The van der Waals surface area contributed by atoms with Crippen molar-refractivity contribution in [2.45, 2.75) is 6.42 Å². The Labute approximate surface area is 104 Å². The van der Waals surface area contributed by atoms with Gasteiger partial charge in [0.2, 0.25) is 5.95 Å². The first-order chi connectivity index (χ1) is 8.69. The van der Waals surface area contributed by atoms with Crippen molar-refractivity contribution in [3.05, 3.63) is 18.2 Å². The third kappa shape index (κ3) is 2.89. The van der Waals surface area contributed by atoms with E-state index in [-0.39, 0.29) is 5.96 Å². The molecule has 0 aliphatic carbocycles. The molecule has 7 heteroatoms. The molecule has 0 saturated heterocycles. The van der Waals surface area contributed by atoms with Crippen molar-refractivity contribution in [2.24, 2.45) is 22.2 Å². The predicted octanol–water partition coefficient (Wildman–Crippen LogP) is 0.195. The van der Waals surface area contributed by atoms with Gasteiger partial charge in [-0.2, -0.15) is 4.99 Å².